The Kier molecular flexibility index (Phi) is 8.08. The van der Waals surface area contributed by atoms with Crippen LogP contribution < -0.4 is 5.32 Å². The van der Waals surface area contributed by atoms with Crippen LogP contribution in [0.1, 0.15) is 73.5 Å². The molecule has 0 aliphatic heterocycles. The van der Waals surface area contributed by atoms with Crippen LogP contribution >= 0.6 is 0 Å². The number of para-hydroxylation sites is 1. The van der Waals surface area contributed by atoms with Crippen molar-refractivity contribution in [1.29, 1.82) is 0 Å². The van der Waals surface area contributed by atoms with Crippen LogP contribution in [0.2, 0.25) is 0 Å². The van der Waals surface area contributed by atoms with Gasteiger partial charge in [-0.15, -0.1) is 0 Å². The zero-order valence-electron chi connectivity index (χ0n) is 20.3. The van der Waals surface area contributed by atoms with Gasteiger partial charge in [-0.05, 0) is 36.5 Å². The summed E-state index contributed by atoms with van der Waals surface area (Å²) in [5.41, 5.74) is 5.80. The molecule has 0 unspecified atom stereocenters. The zero-order chi connectivity index (χ0) is 23.8. The van der Waals surface area contributed by atoms with Crippen molar-refractivity contribution >= 4 is 16.8 Å². The van der Waals surface area contributed by atoms with Gasteiger partial charge in [0.25, 0.3) is 5.91 Å². The second kappa shape index (κ2) is 11.6. The summed E-state index contributed by atoms with van der Waals surface area (Å²) in [7, 11) is 0. The molecule has 0 saturated heterocycles. The van der Waals surface area contributed by atoms with Crippen LogP contribution in [0.25, 0.3) is 22.2 Å². The van der Waals surface area contributed by atoms with Gasteiger partial charge in [0.2, 0.25) is 0 Å². The molecule has 0 aliphatic carbocycles. The Labute approximate surface area is 203 Å². The third-order valence-corrected chi connectivity index (χ3v) is 6.46. The Bertz CT molecular complexity index is 1220. The third-order valence-electron chi connectivity index (χ3n) is 6.46. The van der Waals surface area contributed by atoms with E-state index < -0.39 is 0 Å². The zero-order valence-corrected chi connectivity index (χ0v) is 20.3. The summed E-state index contributed by atoms with van der Waals surface area (Å²) in [5, 5.41) is 4.27. The number of nitrogens with one attached hydrogen (secondary N) is 1. The molecule has 1 atom stereocenters. The number of nitrogens with zero attached hydrogens (tertiary/aromatic N) is 1. The highest BCUT2D eigenvalue weighted by Crippen LogP contribution is 2.32. The summed E-state index contributed by atoms with van der Waals surface area (Å²) in [6.07, 6.45) is 6.26. The monoisotopic (exact) mass is 450 g/mol. The van der Waals surface area contributed by atoms with Crippen molar-refractivity contribution in [2.75, 3.05) is 0 Å². The molecule has 4 aromatic rings. The molecule has 3 nitrogen and oxygen atoms in total. The van der Waals surface area contributed by atoms with Gasteiger partial charge in [0, 0.05) is 10.9 Å². The summed E-state index contributed by atoms with van der Waals surface area (Å²) in [6.45, 7) is 4.34. The summed E-state index contributed by atoms with van der Waals surface area (Å²) < 4.78 is 0. The first-order chi connectivity index (χ1) is 16.7. The molecule has 1 aromatic heterocycles. The van der Waals surface area contributed by atoms with E-state index in [0.29, 0.717) is 0 Å². The van der Waals surface area contributed by atoms with Gasteiger partial charge < -0.3 is 5.32 Å². The lowest BCUT2D eigenvalue weighted by Gasteiger charge is -2.21. The Morgan fingerprint density at radius 2 is 1.50 bits per heavy atom. The average molecular weight is 451 g/mol. The maximum absolute atomic E-state index is 14.0. The predicted molar refractivity (Wildman–Crippen MR) is 142 cm³/mol. The van der Waals surface area contributed by atoms with Crippen LogP contribution in [-0.4, -0.2) is 10.9 Å². The molecule has 3 heteroatoms. The van der Waals surface area contributed by atoms with E-state index in [-0.39, 0.29) is 11.9 Å². The van der Waals surface area contributed by atoms with E-state index >= 15 is 0 Å². The number of aromatic nitrogens is 1. The van der Waals surface area contributed by atoms with Gasteiger partial charge >= 0.3 is 0 Å². The minimum atomic E-state index is -0.0336. The Balaban J connectivity index is 1.83. The minimum absolute atomic E-state index is 0.0167. The number of fused-ring (bicyclic) bond motifs is 1. The second-order valence-electron chi connectivity index (χ2n) is 8.85. The SMILES string of the molecule is CCCCCCc1c(-c2ccccc2)nc2ccccc2c1C(=O)N[C@H](CC)c1ccccc1. The number of rotatable bonds is 10. The van der Waals surface area contributed by atoms with E-state index in [1.165, 1.54) is 12.8 Å². The first-order valence-corrected chi connectivity index (χ1v) is 12.6. The maximum Gasteiger partial charge on any atom is 0.252 e. The van der Waals surface area contributed by atoms with E-state index in [0.717, 1.165) is 64.5 Å². The summed E-state index contributed by atoms with van der Waals surface area (Å²) in [5.74, 6) is -0.0167. The molecule has 34 heavy (non-hydrogen) atoms. The quantitative estimate of drug-likeness (QED) is 0.249. The number of hydrogen-bond acceptors (Lipinski definition) is 2. The first-order valence-electron chi connectivity index (χ1n) is 12.6. The number of unbranched alkanes of at least 4 members (excludes halogenated alkanes) is 3. The van der Waals surface area contributed by atoms with Crippen LogP contribution in [0.15, 0.2) is 84.9 Å². The van der Waals surface area contributed by atoms with Gasteiger partial charge in [0.15, 0.2) is 0 Å². The van der Waals surface area contributed by atoms with Gasteiger partial charge in [0.1, 0.15) is 0 Å². The van der Waals surface area contributed by atoms with Crippen LogP contribution in [0.3, 0.4) is 0 Å². The third kappa shape index (κ3) is 5.36. The Morgan fingerprint density at radius 3 is 2.21 bits per heavy atom. The Hall–Kier alpha value is -3.46. The van der Waals surface area contributed by atoms with Gasteiger partial charge in [-0.25, -0.2) is 4.98 Å². The molecule has 4 rings (SSSR count). The molecule has 0 radical (unpaired) electrons. The first kappa shape index (κ1) is 23.7. The largest absolute Gasteiger partial charge is 0.345 e. The predicted octanol–water partition coefficient (Wildman–Crippen LogP) is 7.91. The van der Waals surface area contributed by atoms with E-state index in [1.807, 2.05) is 60.7 Å². The van der Waals surface area contributed by atoms with Gasteiger partial charge in [-0.3, -0.25) is 4.79 Å². The lowest BCUT2D eigenvalue weighted by Crippen LogP contribution is -2.29. The van der Waals surface area contributed by atoms with E-state index in [2.05, 4.69) is 43.4 Å². The molecule has 1 heterocycles. The number of benzene rings is 3. The van der Waals surface area contributed by atoms with E-state index in [4.69, 9.17) is 4.98 Å². The number of carbonyl (C=O) groups is 1. The molecular formula is C31H34N2O. The Morgan fingerprint density at radius 1 is 0.824 bits per heavy atom. The molecular weight excluding hydrogens is 416 g/mol. The molecule has 3 aromatic carbocycles. The molecule has 1 amide bonds. The molecule has 0 fully saturated rings. The lowest BCUT2D eigenvalue weighted by atomic mass is 9.92. The molecule has 0 saturated carbocycles. The van der Waals surface area contributed by atoms with Crippen molar-refractivity contribution in [3.8, 4) is 11.3 Å². The fourth-order valence-electron chi connectivity index (χ4n) is 4.65. The second-order valence-corrected chi connectivity index (χ2v) is 8.85. The fraction of sp³-hybridized carbons (Fsp3) is 0.290. The normalized spacial score (nSPS) is 11.9. The summed E-state index contributed by atoms with van der Waals surface area (Å²) in [6, 6.07) is 28.5. The number of carbonyl (C=O) groups excluding carboxylic acids is 1. The minimum Gasteiger partial charge on any atom is -0.345 e. The van der Waals surface area contributed by atoms with Crippen LogP contribution in [0.4, 0.5) is 0 Å². The van der Waals surface area contributed by atoms with Crippen LogP contribution in [0, 0.1) is 0 Å². The van der Waals surface area contributed by atoms with E-state index in [1.54, 1.807) is 0 Å². The average Bonchev–Trinajstić information content (AvgIpc) is 2.90. The number of amides is 1. The molecule has 0 spiro atoms. The van der Waals surface area contributed by atoms with Crippen molar-refractivity contribution in [3.63, 3.8) is 0 Å². The highest BCUT2D eigenvalue weighted by Gasteiger charge is 2.23. The lowest BCUT2D eigenvalue weighted by molar-refractivity contribution is 0.0936. The van der Waals surface area contributed by atoms with Crippen molar-refractivity contribution in [3.05, 3.63) is 102 Å². The van der Waals surface area contributed by atoms with Crippen molar-refractivity contribution in [2.45, 2.75) is 58.4 Å². The topological polar surface area (TPSA) is 42.0 Å². The number of pyridine rings is 1. The van der Waals surface area contributed by atoms with Crippen LogP contribution in [-0.2, 0) is 6.42 Å². The van der Waals surface area contributed by atoms with Crippen molar-refractivity contribution in [1.82, 2.24) is 10.3 Å². The highest BCUT2D eigenvalue weighted by molar-refractivity contribution is 6.09. The smallest absolute Gasteiger partial charge is 0.252 e. The number of hydrogen-bond donors (Lipinski definition) is 1. The van der Waals surface area contributed by atoms with Gasteiger partial charge in [0.05, 0.1) is 22.8 Å². The van der Waals surface area contributed by atoms with Gasteiger partial charge in [-0.1, -0.05) is 112 Å². The highest BCUT2D eigenvalue weighted by atomic mass is 16.1. The molecule has 1 N–H and O–H groups in total. The fourth-order valence-corrected chi connectivity index (χ4v) is 4.65. The maximum atomic E-state index is 14.0. The summed E-state index contributed by atoms with van der Waals surface area (Å²) in [4.78, 5) is 19.0. The van der Waals surface area contributed by atoms with Crippen LogP contribution in [0.5, 0.6) is 0 Å². The standard InChI is InChI=1S/C31H34N2O/c1-3-5-6-13-21-26-29(31(34)33-27(4-2)23-16-9-7-10-17-23)25-20-14-15-22-28(25)32-30(26)24-18-11-8-12-19-24/h7-12,14-20,22,27H,3-6,13,21H2,1-2H3,(H,33,34)/t27-/m1/s1. The van der Waals surface area contributed by atoms with E-state index in [9.17, 15) is 4.79 Å². The van der Waals surface area contributed by atoms with Gasteiger partial charge in [-0.2, -0.15) is 0 Å². The summed E-state index contributed by atoms with van der Waals surface area (Å²) >= 11 is 0. The molecule has 174 valence electrons. The molecule has 0 aliphatic rings. The molecule has 0 bridgehead atoms. The van der Waals surface area contributed by atoms with Crippen molar-refractivity contribution in [2.24, 2.45) is 0 Å². The van der Waals surface area contributed by atoms with Crippen molar-refractivity contribution < 1.29 is 4.79 Å².